The number of hydrogen-bond acceptors (Lipinski definition) is 4. The average Bonchev–Trinajstić information content (AvgIpc) is 2.93. The molecule has 0 radical (unpaired) electrons. The quantitative estimate of drug-likeness (QED) is 0.888. The summed E-state index contributed by atoms with van der Waals surface area (Å²) in [5.74, 6) is 0.924. The Bertz CT molecular complexity index is 593. The first-order chi connectivity index (χ1) is 10.0. The average molecular weight is 291 g/mol. The second kappa shape index (κ2) is 6.97. The fraction of sp³-hybridized carbons (Fsp3) is 0.400. The lowest BCUT2D eigenvalue weighted by molar-refractivity contribution is -0.121. The van der Waals surface area contributed by atoms with Crippen LogP contribution in [0.4, 0.5) is 4.39 Å². The zero-order valence-electron chi connectivity index (χ0n) is 12.1. The maximum absolute atomic E-state index is 12.7. The van der Waals surface area contributed by atoms with Crippen molar-refractivity contribution < 1.29 is 13.7 Å². The van der Waals surface area contributed by atoms with Crippen LogP contribution >= 0.6 is 0 Å². The Morgan fingerprint density at radius 3 is 2.67 bits per heavy atom. The zero-order valence-corrected chi connectivity index (χ0v) is 12.1. The van der Waals surface area contributed by atoms with E-state index < -0.39 is 0 Å². The summed E-state index contributed by atoms with van der Waals surface area (Å²) >= 11 is 0. The molecule has 1 heterocycles. The summed E-state index contributed by atoms with van der Waals surface area (Å²) < 4.78 is 17.8. The molecule has 0 fully saturated rings. The summed E-state index contributed by atoms with van der Waals surface area (Å²) in [7, 11) is 0. The number of aromatic nitrogens is 2. The van der Waals surface area contributed by atoms with E-state index in [0.29, 0.717) is 24.7 Å². The van der Waals surface area contributed by atoms with Gasteiger partial charge in [0.25, 0.3) is 0 Å². The Labute approximate surface area is 122 Å². The number of aryl methyl sites for hydroxylation is 1. The molecule has 1 N–H and O–H groups in total. The van der Waals surface area contributed by atoms with Crippen LogP contribution < -0.4 is 5.32 Å². The van der Waals surface area contributed by atoms with Crippen LogP contribution in [0.15, 0.2) is 28.8 Å². The summed E-state index contributed by atoms with van der Waals surface area (Å²) in [4.78, 5) is 15.9. The lowest BCUT2D eigenvalue weighted by Crippen LogP contribution is -2.23. The number of nitrogens with one attached hydrogen (secondary N) is 1. The summed E-state index contributed by atoms with van der Waals surface area (Å²) in [6, 6.07) is 6.02. The van der Waals surface area contributed by atoms with Gasteiger partial charge in [-0.2, -0.15) is 4.98 Å². The Hall–Kier alpha value is -2.24. The molecule has 0 saturated carbocycles. The molecule has 2 rings (SSSR count). The highest BCUT2D eigenvalue weighted by Crippen LogP contribution is 2.10. The zero-order chi connectivity index (χ0) is 15.2. The maximum Gasteiger partial charge on any atom is 0.227 e. The molecule has 0 spiro atoms. The van der Waals surface area contributed by atoms with E-state index >= 15 is 0 Å². The van der Waals surface area contributed by atoms with E-state index in [1.807, 2.05) is 13.8 Å². The van der Waals surface area contributed by atoms with Crippen LogP contribution in [0, 0.1) is 5.82 Å². The second-order valence-electron chi connectivity index (χ2n) is 5.10. The van der Waals surface area contributed by atoms with Crippen molar-refractivity contribution >= 4 is 5.91 Å². The van der Waals surface area contributed by atoms with Crippen molar-refractivity contribution in [3.8, 4) is 0 Å². The number of hydrogen-bond donors (Lipinski definition) is 1. The van der Waals surface area contributed by atoms with Gasteiger partial charge >= 0.3 is 0 Å². The van der Waals surface area contributed by atoms with E-state index in [1.54, 1.807) is 12.1 Å². The highest BCUT2D eigenvalue weighted by Gasteiger charge is 2.11. The maximum atomic E-state index is 12.7. The number of carbonyl (C=O) groups is 1. The minimum atomic E-state index is -0.289. The minimum absolute atomic E-state index is 0.108. The molecule has 112 valence electrons. The van der Waals surface area contributed by atoms with Gasteiger partial charge in [0.2, 0.25) is 11.8 Å². The summed E-state index contributed by atoms with van der Waals surface area (Å²) in [6.07, 6.45) is 0.690. The molecule has 21 heavy (non-hydrogen) atoms. The van der Waals surface area contributed by atoms with Crippen LogP contribution in [0.1, 0.15) is 43.5 Å². The van der Waals surface area contributed by atoms with Crippen molar-refractivity contribution in [2.24, 2.45) is 0 Å². The summed E-state index contributed by atoms with van der Waals surface area (Å²) in [5, 5.41) is 6.61. The molecular weight excluding hydrogens is 273 g/mol. The molecule has 1 amide bonds. The van der Waals surface area contributed by atoms with Crippen LogP contribution in [-0.2, 0) is 17.8 Å². The predicted octanol–water partition coefficient (Wildman–Crippen LogP) is 2.58. The van der Waals surface area contributed by atoms with Gasteiger partial charge in [-0.25, -0.2) is 4.39 Å². The lowest BCUT2D eigenvalue weighted by atomic mass is 10.2. The number of nitrogens with zero attached hydrogens (tertiary/aromatic N) is 2. The molecule has 0 atom stereocenters. The van der Waals surface area contributed by atoms with E-state index in [1.165, 1.54) is 12.1 Å². The van der Waals surface area contributed by atoms with Gasteiger partial charge in [-0.3, -0.25) is 4.79 Å². The van der Waals surface area contributed by atoms with Crippen LogP contribution in [0.3, 0.4) is 0 Å². The van der Waals surface area contributed by atoms with Gasteiger partial charge in [0.1, 0.15) is 5.82 Å². The SMILES string of the molecule is CC(C)c1noc(CCC(=O)NCc2ccc(F)cc2)n1. The molecule has 1 aromatic heterocycles. The van der Waals surface area contributed by atoms with E-state index in [0.717, 1.165) is 5.56 Å². The van der Waals surface area contributed by atoms with Crippen LogP contribution in [-0.4, -0.2) is 16.0 Å². The van der Waals surface area contributed by atoms with Gasteiger partial charge in [0.15, 0.2) is 5.82 Å². The fourth-order valence-corrected chi connectivity index (χ4v) is 1.72. The molecule has 2 aromatic rings. The van der Waals surface area contributed by atoms with Crippen molar-refractivity contribution in [2.75, 3.05) is 0 Å². The number of benzene rings is 1. The Kier molecular flexibility index (Phi) is 5.03. The Balaban J connectivity index is 1.75. The molecule has 5 nitrogen and oxygen atoms in total. The number of halogens is 1. The highest BCUT2D eigenvalue weighted by molar-refractivity contribution is 5.75. The van der Waals surface area contributed by atoms with E-state index in [4.69, 9.17) is 4.52 Å². The van der Waals surface area contributed by atoms with E-state index in [9.17, 15) is 9.18 Å². The van der Waals surface area contributed by atoms with Gasteiger partial charge in [0.05, 0.1) is 0 Å². The molecule has 0 aliphatic rings. The third kappa shape index (κ3) is 4.66. The van der Waals surface area contributed by atoms with Crippen molar-refractivity contribution in [3.63, 3.8) is 0 Å². The Morgan fingerprint density at radius 2 is 2.05 bits per heavy atom. The van der Waals surface area contributed by atoms with Crippen molar-refractivity contribution in [2.45, 2.75) is 39.2 Å². The molecule has 0 saturated heterocycles. The largest absolute Gasteiger partial charge is 0.352 e. The first-order valence-corrected chi connectivity index (χ1v) is 6.88. The molecule has 0 bridgehead atoms. The molecule has 6 heteroatoms. The second-order valence-corrected chi connectivity index (χ2v) is 5.10. The van der Waals surface area contributed by atoms with Gasteiger partial charge in [-0.1, -0.05) is 31.1 Å². The standard InChI is InChI=1S/C15H18FN3O2/c1-10(2)15-18-14(21-19-15)8-7-13(20)17-9-11-3-5-12(16)6-4-11/h3-6,10H,7-9H2,1-2H3,(H,17,20). The number of amides is 1. The van der Waals surface area contributed by atoms with Gasteiger partial charge < -0.3 is 9.84 Å². The van der Waals surface area contributed by atoms with Gasteiger partial charge in [0, 0.05) is 25.3 Å². The summed E-state index contributed by atoms with van der Waals surface area (Å²) in [5.41, 5.74) is 0.852. The first-order valence-electron chi connectivity index (χ1n) is 6.88. The molecule has 0 unspecified atom stereocenters. The van der Waals surface area contributed by atoms with Crippen LogP contribution in [0.5, 0.6) is 0 Å². The highest BCUT2D eigenvalue weighted by atomic mass is 19.1. The van der Waals surface area contributed by atoms with E-state index in [-0.39, 0.29) is 24.1 Å². The minimum Gasteiger partial charge on any atom is -0.352 e. The van der Waals surface area contributed by atoms with Crippen molar-refractivity contribution in [1.82, 2.24) is 15.5 Å². The predicted molar refractivity (Wildman–Crippen MR) is 75.0 cm³/mol. The topological polar surface area (TPSA) is 68.0 Å². The fourth-order valence-electron chi connectivity index (χ4n) is 1.72. The van der Waals surface area contributed by atoms with Crippen LogP contribution in [0.25, 0.3) is 0 Å². The molecule has 0 aliphatic carbocycles. The normalized spacial score (nSPS) is 10.9. The smallest absolute Gasteiger partial charge is 0.227 e. The first kappa shape index (κ1) is 15.2. The van der Waals surface area contributed by atoms with Crippen molar-refractivity contribution in [1.29, 1.82) is 0 Å². The summed E-state index contributed by atoms with van der Waals surface area (Å²) in [6.45, 7) is 4.33. The molecular formula is C15H18FN3O2. The third-order valence-corrected chi connectivity index (χ3v) is 2.97. The number of carbonyl (C=O) groups excluding carboxylic acids is 1. The van der Waals surface area contributed by atoms with Crippen LogP contribution in [0.2, 0.25) is 0 Å². The third-order valence-electron chi connectivity index (χ3n) is 2.97. The number of rotatable bonds is 6. The molecule has 1 aromatic carbocycles. The molecule has 0 aliphatic heterocycles. The lowest BCUT2D eigenvalue weighted by Gasteiger charge is -2.04. The van der Waals surface area contributed by atoms with Crippen molar-refractivity contribution in [3.05, 3.63) is 47.4 Å². The Morgan fingerprint density at radius 1 is 1.33 bits per heavy atom. The van der Waals surface area contributed by atoms with Gasteiger partial charge in [-0.05, 0) is 17.7 Å². The van der Waals surface area contributed by atoms with E-state index in [2.05, 4.69) is 15.5 Å². The van der Waals surface area contributed by atoms with Gasteiger partial charge in [-0.15, -0.1) is 0 Å². The monoisotopic (exact) mass is 291 g/mol.